The van der Waals surface area contributed by atoms with Crippen molar-refractivity contribution < 1.29 is 14.6 Å². The fourth-order valence-corrected chi connectivity index (χ4v) is 3.12. The number of aromatic carboxylic acids is 1. The molecule has 0 aliphatic rings. The van der Waals surface area contributed by atoms with Gasteiger partial charge >= 0.3 is 5.97 Å². The zero-order valence-electron chi connectivity index (χ0n) is 16.8. The van der Waals surface area contributed by atoms with Crippen LogP contribution in [-0.4, -0.2) is 55.3 Å². The van der Waals surface area contributed by atoms with Crippen molar-refractivity contribution in [3.63, 3.8) is 0 Å². The average Bonchev–Trinajstić information content (AvgIpc) is 2.70. The summed E-state index contributed by atoms with van der Waals surface area (Å²) in [5.74, 6) is -0.193. The molecule has 3 aromatic rings. The Hall–Kier alpha value is -2.83. The van der Waals surface area contributed by atoms with E-state index in [-0.39, 0.29) is 18.0 Å². The molecule has 0 saturated carbocycles. The highest BCUT2D eigenvalue weighted by Gasteiger charge is 2.15. The summed E-state index contributed by atoms with van der Waals surface area (Å²) in [7, 11) is 5.68. The predicted octanol–water partition coefficient (Wildman–Crippen LogP) is 4.39. The highest BCUT2D eigenvalue weighted by Crippen LogP contribution is 2.31. The number of pyridine rings is 1. The van der Waals surface area contributed by atoms with Crippen molar-refractivity contribution in [2.45, 2.75) is 6.42 Å². The summed E-state index contributed by atoms with van der Waals surface area (Å²) in [5, 5.41) is 13.7. The summed E-state index contributed by atoms with van der Waals surface area (Å²) in [6.07, 6.45) is 2.33. The maximum atomic E-state index is 11.7. The molecule has 3 rings (SSSR count). The van der Waals surface area contributed by atoms with E-state index < -0.39 is 5.97 Å². The number of ether oxygens (including phenoxy) is 1. The van der Waals surface area contributed by atoms with Crippen LogP contribution in [0.25, 0.3) is 22.0 Å². The second-order valence-electron chi connectivity index (χ2n) is 6.90. The molecule has 1 aromatic heterocycles. The standard InChI is InChI=1S/C22H25N3O3.ClH/c1-25(2)12-4-11-23-21-18-13-16(15-5-8-17(28-3)9-6-15)7-10-20(18)24-14-19(21)22(26)27;/h5-10,13-14H,4,11-12H2,1-3H3,(H,23,24)(H,26,27);1H. The topological polar surface area (TPSA) is 74.7 Å². The zero-order valence-corrected chi connectivity index (χ0v) is 17.6. The molecule has 0 amide bonds. The predicted molar refractivity (Wildman–Crippen MR) is 120 cm³/mol. The van der Waals surface area contributed by atoms with Crippen LogP contribution in [0.1, 0.15) is 16.8 Å². The third kappa shape index (κ3) is 5.37. The number of hydrogen-bond acceptors (Lipinski definition) is 5. The highest BCUT2D eigenvalue weighted by molar-refractivity contribution is 6.05. The number of aromatic nitrogens is 1. The van der Waals surface area contributed by atoms with E-state index in [2.05, 4.69) is 15.2 Å². The summed E-state index contributed by atoms with van der Waals surface area (Å²) in [5.41, 5.74) is 3.59. The molecule has 0 fully saturated rings. The minimum absolute atomic E-state index is 0. The van der Waals surface area contributed by atoms with Gasteiger partial charge in [0.2, 0.25) is 0 Å². The molecule has 0 aliphatic carbocycles. The van der Waals surface area contributed by atoms with E-state index in [0.29, 0.717) is 12.2 Å². The molecule has 7 heteroatoms. The SMILES string of the molecule is COc1ccc(-c2ccc3ncc(C(=O)O)c(NCCCN(C)C)c3c2)cc1.Cl. The Morgan fingerprint density at radius 2 is 1.83 bits per heavy atom. The normalized spacial score (nSPS) is 10.6. The van der Waals surface area contributed by atoms with Crippen LogP contribution in [0.15, 0.2) is 48.7 Å². The van der Waals surface area contributed by atoms with Gasteiger partial charge in [-0.05, 0) is 62.5 Å². The zero-order chi connectivity index (χ0) is 20.1. The van der Waals surface area contributed by atoms with Gasteiger partial charge in [0.1, 0.15) is 11.3 Å². The summed E-state index contributed by atoms with van der Waals surface area (Å²) in [6, 6.07) is 13.7. The second kappa shape index (κ2) is 10.1. The van der Waals surface area contributed by atoms with E-state index in [1.165, 1.54) is 6.20 Å². The molecular weight excluding hydrogens is 390 g/mol. The lowest BCUT2D eigenvalue weighted by Gasteiger charge is -2.15. The van der Waals surface area contributed by atoms with E-state index in [4.69, 9.17) is 4.74 Å². The maximum absolute atomic E-state index is 11.7. The molecule has 1 heterocycles. The van der Waals surface area contributed by atoms with Gasteiger partial charge in [0.25, 0.3) is 0 Å². The number of nitrogens with zero attached hydrogens (tertiary/aromatic N) is 2. The molecule has 0 aliphatic heterocycles. The third-order valence-corrected chi connectivity index (χ3v) is 4.61. The van der Waals surface area contributed by atoms with Crippen molar-refractivity contribution in [3.8, 4) is 16.9 Å². The van der Waals surface area contributed by atoms with Gasteiger partial charge in [-0.25, -0.2) is 4.79 Å². The number of methoxy groups -OCH3 is 1. The maximum Gasteiger partial charge on any atom is 0.339 e. The lowest BCUT2D eigenvalue weighted by Crippen LogP contribution is -2.17. The van der Waals surface area contributed by atoms with Crippen molar-refractivity contribution in [2.24, 2.45) is 0 Å². The first-order chi connectivity index (χ1) is 13.5. The van der Waals surface area contributed by atoms with Gasteiger partial charge in [-0.15, -0.1) is 12.4 Å². The Bertz CT molecular complexity index is 975. The monoisotopic (exact) mass is 415 g/mol. The highest BCUT2D eigenvalue weighted by atomic mass is 35.5. The van der Waals surface area contributed by atoms with Crippen molar-refractivity contribution in [1.29, 1.82) is 0 Å². The quantitative estimate of drug-likeness (QED) is 0.531. The van der Waals surface area contributed by atoms with Gasteiger partial charge in [0.05, 0.1) is 18.3 Å². The molecule has 2 aromatic carbocycles. The molecule has 0 bridgehead atoms. The van der Waals surface area contributed by atoms with Crippen molar-refractivity contribution in [1.82, 2.24) is 9.88 Å². The summed E-state index contributed by atoms with van der Waals surface area (Å²) in [6.45, 7) is 1.61. The number of rotatable bonds is 8. The van der Waals surface area contributed by atoms with E-state index in [0.717, 1.165) is 40.7 Å². The number of benzene rings is 2. The molecule has 0 atom stereocenters. The molecule has 6 nitrogen and oxygen atoms in total. The van der Waals surface area contributed by atoms with Crippen molar-refractivity contribution in [3.05, 3.63) is 54.2 Å². The number of anilines is 1. The second-order valence-corrected chi connectivity index (χ2v) is 6.90. The van der Waals surface area contributed by atoms with Crippen molar-refractivity contribution >= 4 is 35.0 Å². The fraction of sp³-hybridized carbons (Fsp3) is 0.273. The van der Waals surface area contributed by atoms with Crippen LogP contribution in [0.3, 0.4) is 0 Å². The Kier molecular flexibility index (Phi) is 7.82. The summed E-state index contributed by atoms with van der Waals surface area (Å²) >= 11 is 0. The number of hydrogen-bond donors (Lipinski definition) is 2. The molecule has 0 unspecified atom stereocenters. The number of carboxylic acid groups (broad SMARTS) is 1. The van der Waals surface area contributed by atoms with Crippen LogP contribution < -0.4 is 10.1 Å². The van der Waals surface area contributed by atoms with E-state index in [9.17, 15) is 9.90 Å². The minimum atomic E-state index is -0.987. The van der Waals surface area contributed by atoms with Gasteiger partial charge < -0.3 is 20.1 Å². The lowest BCUT2D eigenvalue weighted by molar-refractivity contribution is 0.0697. The fourth-order valence-electron chi connectivity index (χ4n) is 3.12. The first kappa shape index (κ1) is 22.5. The first-order valence-corrected chi connectivity index (χ1v) is 9.18. The van der Waals surface area contributed by atoms with Gasteiger partial charge in [-0.2, -0.15) is 0 Å². The van der Waals surface area contributed by atoms with Gasteiger partial charge in [0, 0.05) is 18.1 Å². The van der Waals surface area contributed by atoms with Gasteiger partial charge in [-0.3, -0.25) is 4.98 Å². The molecule has 0 radical (unpaired) electrons. The molecule has 0 saturated heterocycles. The van der Waals surface area contributed by atoms with Crippen LogP contribution in [0.2, 0.25) is 0 Å². The van der Waals surface area contributed by atoms with Gasteiger partial charge in [0.15, 0.2) is 0 Å². The largest absolute Gasteiger partial charge is 0.497 e. The average molecular weight is 416 g/mol. The van der Waals surface area contributed by atoms with Crippen LogP contribution in [0.4, 0.5) is 5.69 Å². The molecular formula is C22H26ClN3O3. The molecule has 0 spiro atoms. The molecule has 154 valence electrons. The smallest absolute Gasteiger partial charge is 0.339 e. The van der Waals surface area contributed by atoms with E-state index in [1.807, 2.05) is 56.6 Å². The summed E-state index contributed by atoms with van der Waals surface area (Å²) < 4.78 is 5.22. The first-order valence-electron chi connectivity index (χ1n) is 9.18. The molecule has 29 heavy (non-hydrogen) atoms. The van der Waals surface area contributed by atoms with Crippen molar-refractivity contribution in [2.75, 3.05) is 39.6 Å². The van der Waals surface area contributed by atoms with Crippen LogP contribution in [0, 0.1) is 0 Å². The Morgan fingerprint density at radius 3 is 2.45 bits per heavy atom. The van der Waals surface area contributed by atoms with Gasteiger partial charge in [-0.1, -0.05) is 18.2 Å². The van der Waals surface area contributed by atoms with Crippen LogP contribution in [0.5, 0.6) is 5.75 Å². The third-order valence-electron chi connectivity index (χ3n) is 4.61. The number of carboxylic acids is 1. The van der Waals surface area contributed by atoms with E-state index >= 15 is 0 Å². The minimum Gasteiger partial charge on any atom is -0.497 e. The number of halogens is 1. The van der Waals surface area contributed by atoms with E-state index in [1.54, 1.807) is 7.11 Å². The number of carbonyl (C=O) groups is 1. The Labute approximate surface area is 176 Å². The number of fused-ring (bicyclic) bond motifs is 1. The van der Waals surface area contributed by atoms with Crippen LogP contribution >= 0.6 is 12.4 Å². The molecule has 2 N–H and O–H groups in total. The summed E-state index contributed by atoms with van der Waals surface area (Å²) in [4.78, 5) is 18.2. The Balaban J connectivity index is 0.00000300. The number of nitrogens with one attached hydrogen (secondary N) is 1. The Morgan fingerprint density at radius 1 is 1.14 bits per heavy atom. The lowest BCUT2D eigenvalue weighted by atomic mass is 10.0. The van der Waals surface area contributed by atoms with Crippen LogP contribution in [-0.2, 0) is 0 Å².